The Morgan fingerprint density at radius 1 is 1.25 bits per heavy atom. The van der Waals surface area contributed by atoms with Crippen molar-refractivity contribution in [3.8, 4) is 0 Å². The van der Waals surface area contributed by atoms with Gasteiger partial charge in [0, 0.05) is 25.3 Å². The lowest BCUT2D eigenvalue weighted by atomic mass is 10.1. The van der Waals surface area contributed by atoms with Gasteiger partial charge < -0.3 is 10.2 Å². The highest BCUT2D eigenvalue weighted by atomic mass is 35.5. The highest BCUT2D eigenvalue weighted by Gasteiger charge is 2.09. The zero-order valence-electron chi connectivity index (χ0n) is 11.6. The van der Waals surface area contributed by atoms with E-state index in [0.29, 0.717) is 16.5 Å². The van der Waals surface area contributed by atoms with Crippen molar-refractivity contribution >= 4 is 29.0 Å². The molecule has 0 bridgehead atoms. The lowest BCUT2D eigenvalue weighted by molar-refractivity contribution is 0.102. The van der Waals surface area contributed by atoms with Crippen LogP contribution in [0.15, 0.2) is 36.4 Å². The maximum atomic E-state index is 12.2. The summed E-state index contributed by atoms with van der Waals surface area (Å²) in [6.07, 6.45) is 0. The van der Waals surface area contributed by atoms with Gasteiger partial charge in [-0.3, -0.25) is 4.79 Å². The van der Waals surface area contributed by atoms with Crippen LogP contribution in [0.5, 0.6) is 0 Å². The van der Waals surface area contributed by atoms with Crippen molar-refractivity contribution in [3.05, 3.63) is 52.7 Å². The third kappa shape index (κ3) is 3.27. The molecule has 0 fully saturated rings. The number of halogens is 1. The van der Waals surface area contributed by atoms with Gasteiger partial charge in [0.15, 0.2) is 0 Å². The van der Waals surface area contributed by atoms with Crippen molar-refractivity contribution in [1.29, 1.82) is 0 Å². The minimum absolute atomic E-state index is 0.201. The van der Waals surface area contributed by atoms with Crippen molar-refractivity contribution in [1.82, 2.24) is 4.98 Å². The molecule has 0 saturated carbocycles. The Labute approximate surface area is 123 Å². The number of hydrogen-bond donors (Lipinski definition) is 1. The molecule has 0 atom stereocenters. The van der Waals surface area contributed by atoms with Crippen molar-refractivity contribution in [2.45, 2.75) is 6.92 Å². The van der Waals surface area contributed by atoms with E-state index >= 15 is 0 Å². The number of pyridine rings is 1. The molecule has 5 heteroatoms. The molecule has 0 spiro atoms. The summed E-state index contributed by atoms with van der Waals surface area (Å²) in [6.45, 7) is 1.98. The molecule has 0 aliphatic heterocycles. The average Bonchev–Trinajstić information content (AvgIpc) is 2.38. The molecule has 1 amide bonds. The lowest BCUT2D eigenvalue weighted by Crippen LogP contribution is -2.15. The van der Waals surface area contributed by atoms with Gasteiger partial charge >= 0.3 is 0 Å². The normalized spacial score (nSPS) is 10.2. The van der Waals surface area contributed by atoms with Crippen LogP contribution >= 0.6 is 11.6 Å². The number of anilines is 2. The van der Waals surface area contributed by atoms with Gasteiger partial charge in [0.05, 0.1) is 0 Å². The highest BCUT2D eigenvalue weighted by molar-refractivity contribution is 6.29. The standard InChI is InChI=1S/C15H16ClN3O/c1-10-9-11(7-8-12(10)19(2)3)15(20)18-14-6-4-5-13(16)17-14/h4-9H,1-3H3,(H,17,18,20). The fourth-order valence-electron chi connectivity index (χ4n) is 1.96. The SMILES string of the molecule is Cc1cc(C(=O)Nc2cccc(Cl)n2)ccc1N(C)C. The molecule has 0 aliphatic carbocycles. The van der Waals surface area contributed by atoms with E-state index in [4.69, 9.17) is 11.6 Å². The summed E-state index contributed by atoms with van der Waals surface area (Å²) in [5, 5.41) is 3.08. The molecule has 1 heterocycles. The number of benzene rings is 1. The summed E-state index contributed by atoms with van der Waals surface area (Å²) in [7, 11) is 3.94. The van der Waals surface area contributed by atoms with Crippen LogP contribution in [0.4, 0.5) is 11.5 Å². The largest absolute Gasteiger partial charge is 0.377 e. The molecule has 1 aromatic heterocycles. The van der Waals surface area contributed by atoms with E-state index in [2.05, 4.69) is 10.3 Å². The molecule has 0 radical (unpaired) electrons. The average molecular weight is 290 g/mol. The van der Waals surface area contributed by atoms with Crippen LogP contribution in [-0.2, 0) is 0 Å². The second-order valence-corrected chi connectivity index (χ2v) is 5.08. The molecule has 20 heavy (non-hydrogen) atoms. The van der Waals surface area contributed by atoms with Gasteiger partial charge in [-0.1, -0.05) is 17.7 Å². The molecule has 2 aromatic rings. The third-order valence-electron chi connectivity index (χ3n) is 2.90. The van der Waals surface area contributed by atoms with E-state index in [1.165, 1.54) is 0 Å². The Kier molecular flexibility index (Phi) is 4.25. The fourth-order valence-corrected chi connectivity index (χ4v) is 2.13. The summed E-state index contributed by atoms with van der Waals surface area (Å²) in [6, 6.07) is 10.7. The minimum Gasteiger partial charge on any atom is -0.377 e. The minimum atomic E-state index is -0.201. The zero-order chi connectivity index (χ0) is 14.7. The van der Waals surface area contributed by atoms with Crippen LogP contribution in [0.3, 0.4) is 0 Å². The second-order valence-electron chi connectivity index (χ2n) is 4.70. The topological polar surface area (TPSA) is 45.2 Å². The van der Waals surface area contributed by atoms with Gasteiger partial charge in [-0.15, -0.1) is 0 Å². The van der Waals surface area contributed by atoms with Crippen molar-refractivity contribution in [3.63, 3.8) is 0 Å². The van der Waals surface area contributed by atoms with Crippen LogP contribution in [0.25, 0.3) is 0 Å². The summed E-state index contributed by atoms with van der Waals surface area (Å²) in [5.41, 5.74) is 2.72. The lowest BCUT2D eigenvalue weighted by Gasteiger charge is -2.16. The Morgan fingerprint density at radius 2 is 2.00 bits per heavy atom. The van der Waals surface area contributed by atoms with Gasteiger partial charge in [0.25, 0.3) is 5.91 Å². The van der Waals surface area contributed by atoms with Crippen LogP contribution in [0, 0.1) is 6.92 Å². The first kappa shape index (κ1) is 14.3. The number of carbonyl (C=O) groups is 1. The van der Waals surface area contributed by atoms with Gasteiger partial charge in [-0.25, -0.2) is 4.98 Å². The smallest absolute Gasteiger partial charge is 0.256 e. The molecule has 0 saturated heterocycles. The van der Waals surface area contributed by atoms with Gasteiger partial charge in [-0.05, 0) is 42.8 Å². The third-order valence-corrected chi connectivity index (χ3v) is 3.11. The number of carbonyl (C=O) groups excluding carboxylic acids is 1. The predicted molar refractivity (Wildman–Crippen MR) is 82.7 cm³/mol. The fraction of sp³-hybridized carbons (Fsp3) is 0.200. The number of rotatable bonds is 3. The van der Waals surface area contributed by atoms with E-state index < -0.39 is 0 Å². The predicted octanol–water partition coefficient (Wildman–Crippen LogP) is 3.36. The molecule has 1 N–H and O–H groups in total. The number of nitrogens with one attached hydrogen (secondary N) is 1. The Morgan fingerprint density at radius 3 is 2.60 bits per heavy atom. The van der Waals surface area contributed by atoms with Crippen LogP contribution in [-0.4, -0.2) is 25.0 Å². The van der Waals surface area contributed by atoms with E-state index in [1.807, 2.05) is 38.1 Å². The second kappa shape index (κ2) is 5.92. The maximum absolute atomic E-state index is 12.2. The van der Waals surface area contributed by atoms with Crippen molar-refractivity contribution in [2.75, 3.05) is 24.3 Å². The van der Waals surface area contributed by atoms with Crippen molar-refractivity contribution < 1.29 is 4.79 Å². The Bertz CT molecular complexity index is 641. The monoisotopic (exact) mass is 289 g/mol. The van der Waals surface area contributed by atoms with Gasteiger partial charge in [0.1, 0.15) is 11.0 Å². The van der Waals surface area contributed by atoms with Gasteiger partial charge in [-0.2, -0.15) is 0 Å². The first-order valence-corrected chi connectivity index (χ1v) is 6.57. The number of aromatic nitrogens is 1. The molecular formula is C15H16ClN3O. The van der Waals surface area contributed by atoms with Crippen LogP contribution < -0.4 is 10.2 Å². The molecular weight excluding hydrogens is 274 g/mol. The highest BCUT2D eigenvalue weighted by Crippen LogP contribution is 2.19. The van der Waals surface area contributed by atoms with Crippen LogP contribution in [0.1, 0.15) is 15.9 Å². The van der Waals surface area contributed by atoms with Crippen LogP contribution in [0.2, 0.25) is 5.15 Å². The number of aryl methyl sites for hydroxylation is 1. The Hall–Kier alpha value is -2.07. The first-order valence-electron chi connectivity index (χ1n) is 6.19. The number of amides is 1. The van der Waals surface area contributed by atoms with Gasteiger partial charge in [0.2, 0.25) is 0 Å². The molecule has 4 nitrogen and oxygen atoms in total. The molecule has 0 aliphatic rings. The summed E-state index contributed by atoms with van der Waals surface area (Å²) in [4.78, 5) is 18.2. The summed E-state index contributed by atoms with van der Waals surface area (Å²) >= 11 is 5.79. The molecule has 1 aromatic carbocycles. The molecule has 2 rings (SSSR count). The maximum Gasteiger partial charge on any atom is 0.256 e. The van der Waals surface area contributed by atoms with E-state index in [1.54, 1.807) is 24.3 Å². The molecule has 104 valence electrons. The Balaban J connectivity index is 2.19. The van der Waals surface area contributed by atoms with E-state index in [-0.39, 0.29) is 5.91 Å². The number of nitrogens with zero attached hydrogens (tertiary/aromatic N) is 2. The molecule has 0 unspecified atom stereocenters. The van der Waals surface area contributed by atoms with Crippen molar-refractivity contribution in [2.24, 2.45) is 0 Å². The quantitative estimate of drug-likeness (QED) is 0.881. The number of hydrogen-bond acceptors (Lipinski definition) is 3. The summed E-state index contributed by atoms with van der Waals surface area (Å²) in [5.74, 6) is 0.241. The van der Waals surface area contributed by atoms with E-state index in [9.17, 15) is 4.79 Å². The van der Waals surface area contributed by atoms with E-state index in [0.717, 1.165) is 11.3 Å². The zero-order valence-corrected chi connectivity index (χ0v) is 12.4. The first-order chi connectivity index (χ1) is 9.47. The summed E-state index contributed by atoms with van der Waals surface area (Å²) < 4.78 is 0.